The van der Waals surface area contributed by atoms with Crippen molar-refractivity contribution in [3.63, 3.8) is 0 Å². The highest BCUT2D eigenvalue weighted by Crippen LogP contribution is 2.13. The zero-order chi connectivity index (χ0) is 15.6. The fourth-order valence-corrected chi connectivity index (χ4v) is 2.14. The first kappa shape index (κ1) is 15.0. The molecule has 0 aliphatic carbocycles. The molecule has 0 amide bonds. The first-order valence-corrected chi connectivity index (χ1v) is 6.61. The Morgan fingerprint density at radius 3 is 2.76 bits per heavy atom. The van der Waals surface area contributed by atoms with Gasteiger partial charge in [-0.1, -0.05) is 0 Å². The van der Waals surface area contributed by atoms with Gasteiger partial charge in [0.15, 0.2) is 5.65 Å². The van der Waals surface area contributed by atoms with E-state index in [1.807, 2.05) is 0 Å². The average molecular weight is 290 g/mol. The lowest BCUT2D eigenvalue weighted by molar-refractivity contribution is 0.0695. The quantitative estimate of drug-likeness (QED) is 0.814. The maximum atomic E-state index is 12.3. The fraction of sp³-hybridized carbons (Fsp3) is 0.357. The van der Waals surface area contributed by atoms with E-state index in [1.54, 1.807) is 36.0 Å². The summed E-state index contributed by atoms with van der Waals surface area (Å²) in [7, 11) is 3.50. The summed E-state index contributed by atoms with van der Waals surface area (Å²) >= 11 is 0. The molecule has 0 aliphatic heterocycles. The maximum absolute atomic E-state index is 12.3. The van der Waals surface area contributed by atoms with E-state index in [1.165, 1.54) is 6.20 Å². The zero-order valence-corrected chi connectivity index (χ0v) is 12.0. The van der Waals surface area contributed by atoms with E-state index in [0.29, 0.717) is 24.0 Å². The summed E-state index contributed by atoms with van der Waals surface area (Å²) in [6.07, 6.45) is 4.48. The number of hydrogen-bond acceptors (Lipinski definition) is 5. The molecular formula is C14H18N4O3. The van der Waals surface area contributed by atoms with Gasteiger partial charge in [-0.3, -0.25) is 4.79 Å². The van der Waals surface area contributed by atoms with E-state index in [9.17, 15) is 14.7 Å². The van der Waals surface area contributed by atoms with Gasteiger partial charge in [0.1, 0.15) is 5.56 Å². The lowest BCUT2D eigenvalue weighted by atomic mass is 10.1. The number of pyridine rings is 2. The molecule has 7 heteroatoms. The zero-order valence-electron chi connectivity index (χ0n) is 12.0. The van der Waals surface area contributed by atoms with Gasteiger partial charge in [0, 0.05) is 26.5 Å². The van der Waals surface area contributed by atoms with Gasteiger partial charge in [-0.2, -0.15) is 0 Å². The number of carbonyl (C=O) groups is 1. The van der Waals surface area contributed by atoms with Crippen LogP contribution in [0, 0.1) is 0 Å². The number of aryl methyl sites for hydroxylation is 1. The molecule has 112 valence electrons. The van der Waals surface area contributed by atoms with Gasteiger partial charge in [0.2, 0.25) is 5.43 Å². The molecule has 0 aliphatic rings. The van der Waals surface area contributed by atoms with Gasteiger partial charge in [0.05, 0.1) is 5.39 Å². The second-order valence-corrected chi connectivity index (χ2v) is 4.98. The number of nitrogens with zero attached hydrogens (tertiary/aromatic N) is 3. The van der Waals surface area contributed by atoms with Crippen LogP contribution in [-0.4, -0.2) is 41.4 Å². The predicted molar refractivity (Wildman–Crippen MR) is 80.4 cm³/mol. The van der Waals surface area contributed by atoms with Crippen LogP contribution in [0.4, 0.5) is 0 Å². The molecule has 2 heterocycles. The van der Waals surface area contributed by atoms with E-state index in [-0.39, 0.29) is 5.56 Å². The van der Waals surface area contributed by atoms with Crippen LogP contribution in [0.5, 0.6) is 0 Å². The molecule has 0 bridgehead atoms. The van der Waals surface area contributed by atoms with Crippen LogP contribution in [0.25, 0.3) is 11.0 Å². The number of hydrogen-bond donors (Lipinski definition) is 2. The third-order valence-corrected chi connectivity index (χ3v) is 3.21. The summed E-state index contributed by atoms with van der Waals surface area (Å²) < 4.78 is 1.55. The van der Waals surface area contributed by atoms with Crippen molar-refractivity contribution in [2.24, 2.45) is 5.73 Å². The molecule has 3 N–H and O–H groups in total. The lowest BCUT2D eigenvalue weighted by Crippen LogP contribution is -2.30. The van der Waals surface area contributed by atoms with Crippen molar-refractivity contribution in [2.75, 3.05) is 25.6 Å². The van der Waals surface area contributed by atoms with Crippen molar-refractivity contribution >= 4 is 17.0 Å². The number of aromatic carboxylic acids is 1. The molecule has 0 spiro atoms. The Morgan fingerprint density at radius 2 is 2.19 bits per heavy atom. The van der Waals surface area contributed by atoms with E-state index in [0.717, 1.165) is 12.0 Å². The van der Waals surface area contributed by atoms with Crippen LogP contribution in [0.2, 0.25) is 0 Å². The van der Waals surface area contributed by atoms with Crippen molar-refractivity contribution < 1.29 is 9.90 Å². The number of fused-ring (bicyclic) bond motifs is 1. The number of nitrogens with two attached hydrogens (primary N) is 1. The van der Waals surface area contributed by atoms with Crippen molar-refractivity contribution in [1.29, 1.82) is 0 Å². The third-order valence-electron chi connectivity index (χ3n) is 3.21. The van der Waals surface area contributed by atoms with Gasteiger partial charge in [0.25, 0.3) is 0 Å². The van der Waals surface area contributed by atoms with Gasteiger partial charge in [-0.05, 0) is 31.0 Å². The second-order valence-electron chi connectivity index (χ2n) is 4.98. The number of carboxylic acid groups (broad SMARTS) is 1. The molecule has 0 saturated heterocycles. The standard InChI is InChI=1S/C14H18N4O3/c1-17(2)18-8-11(14(20)21)12(19)10-6-9(4-3-5-15)7-16-13(10)18/h6-8H,3-5,15H2,1-2H3,(H,20,21). The summed E-state index contributed by atoms with van der Waals surface area (Å²) in [4.78, 5) is 27.8. The monoisotopic (exact) mass is 290 g/mol. The molecule has 0 radical (unpaired) electrons. The summed E-state index contributed by atoms with van der Waals surface area (Å²) in [5.41, 5.74) is 6.00. The Balaban J connectivity index is 2.73. The highest BCUT2D eigenvalue weighted by Gasteiger charge is 2.16. The number of aromatic nitrogens is 2. The van der Waals surface area contributed by atoms with Crippen LogP contribution in [0.15, 0.2) is 23.3 Å². The van der Waals surface area contributed by atoms with Crippen molar-refractivity contribution in [2.45, 2.75) is 12.8 Å². The topological polar surface area (TPSA) is 101 Å². The van der Waals surface area contributed by atoms with Crippen LogP contribution in [0.3, 0.4) is 0 Å². The molecule has 0 aromatic carbocycles. The molecule has 2 aromatic rings. The Kier molecular flexibility index (Phi) is 4.23. The SMILES string of the molecule is CN(C)n1cc(C(=O)O)c(=O)c2cc(CCCN)cnc21. The van der Waals surface area contributed by atoms with Crippen LogP contribution < -0.4 is 16.2 Å². The van der Waals surface area contributed by atoms with E-state index >= 15 is 0 Å². The molecule has 21 heavy (non-hydrogen) atoms. The summed E-state index contributed by atoms with van der Waals surface area (Å²) in [6.45, 7) is 0.551. The minimum absolute atomic E-state index is 0.269. The minimum atomic E-state index is -1.25. The molecule has 0 saturated carbocycles. The van der Waals surface area contributed by atoms with E-state index in [4.69, 9.17) is 5.73 Å². The first-order chi connectivity index (χ1) is 9.95. The van der Waals surface area contributed by atoms with E-state index in [2.05, 4.69) is 4.98 Å². The smallest absolute Gasteiger partial charge is 0.341 e. The third kappa shape index (κ3) is 2.87. The second kappa shape index (κ2) is 5.92. The highest BCUT2D eigenvalue weighted by molar-refractivity contribution is 5.91. The summed E-state index contributed by atoms with van der Waals surface area (Å²) in [5, 5.41) is 11.1. The first-order valence-electron chi connectivity index (χ1n) is 6.61. The normalized spacial score (nSPS) is 10.8. The lowest BCUT2D eigenvalue weighted by Gasteiger charge is -2.19. The van der Waals surface area contributed by atoms with Gasteiger partial charge in [-0.25, -0.2) is 14.5 Å². The molecule has 0 atom stereocenters. The Morgan fingerprint density at radius 1 is 1.48 bits per heavy atom. The number of carboxylic acids is 1. The van der Waals surface area contributed by atoms with Crippen molar-refractivity contribution in [3.8, 4) is 0 Å². The summed E-state index contributed by atoms with van der Waals surface area (Å²) in [6, 6.07) is 1.70. The average Bonchev–Trinajstić information content (AvgIpc) is 2.45. The van der Waals surface area contributed by atoms with Crippen LogP contribution >= 0.6 is 0 Å². The van der Waals surface area contributed by atoms with E-state index < -0.39 is 11.4 Å². The largest absolute Gasteiger partial charge is 0.477 e. The molecule has 2 aromatic heterocycles. The maximum Gasteiger partial charge on any atom is 0.341 e. The van der Waals surface area contributed by atoms with Crippen molar-refractivity contribution in [3.05, 3.63) is 39.8 Å². The predicted octanol–water partition coefficient (Wildman–Crippen LogP) is 0.184. The molecule has 2 rings (SSSR count). The summed E-state index contributed by atoms with van der Waals surface area (Å²) in [5.74, 6) is -1.25. The molecule has 0 unspecified atom stereocenters. The van der Waals surface area contributed by atoms with Crippen LogP contribution in [0.1, 0.15) is 22.3 Å². The fourth-order valence-electron chi connectivity index (χ4n) is 2.14. The highest BCUT2D eigenvalue weighted by atomic mass is 16.4. The Labute approximate surface area is 121 Å². The minimum Gasteiger partial charge on any atom is -0.477 e. The van der Waals surface area contributed by atoms with Crippen molar-refractivity contribution in [1.82, 2.24) is 9.66 Å². The molecular weight excluding hydrogens is 272 g/mol. The Hall–Kier alpha value is -2.41. The van der Waals surface area contributed by atoms with Crippen LogP contribution in [-0.2, 0) is 6.42 Å². The van der Waals surface area contributed by atoms with Gasteiger partial charge >= 0.3 is 5.97 Å². The van der Waals surface area contributed by atoms with Gasteiger partial charge < -0.3 is 15.8 Å². The van der Waals surface area contributed by atoms with Gasteiger partial charge in [-0.15, -0.1) is 0 Å². The number of rotatable bonds is 5. The molecule has 0 fully saturated rings. The molecule has 7 nitrogen and oxygen atoms in total. The Bertz CT molecular complexity index is 737.